The van der Waals surface area contributed by atoms with Crippen molar-refractivity contribution in [2.75, 3.05) is 6.61 Å². The summed E-state index contributed by atoms with van der Waals surface area (Å²) in [6.45, 7) is -0.560. The summed E-state index contributed by atoms with van der Waals surface area (Å²) in [4.78, 5) is 4.55. The predicted octanol–water partition coefficient (Wildman–Crippen LogP) is 5.61. The third-order valence-electron chi connectivity index (χ3n) is 4.66. The van der Waals surface area contributed by atoms with Crippen LogP contribution in [0.1, 0.15) is 36.9 Å². The number of alkyl halides is 2. The van der Waals surface area contributed by atoms with Crippen molar-refractivity contribution >= 4 is 27.0 Å². The van der Waals surface area contributed by atoms with Crippen molar-refractivity contribution in [3.05, 3.63) is 58.1 Å². The summed E-state index contributed by atoms with van der Waals surface area (Å²) in [6, 6.07) is 9.39. The average molecular weight is 441 g/mol. The number of nitrogens with zero attached hydrogens (tertiary/aromatic N) is 2. The van der Waals surface area contributed by atoms with Crippen molar-refractivity contribution in [1.29, 1.82) is 0 Å². The Kier molecular flexibility index (Phi) is 4.86. The van der Waals surface area contributed by atoms with Gasteiger partial charge < -0.3 is 14.0 Å². The molecule has 0 bridgehead atoms. The van der Waals surface area contributed by atoms with Crippen LogP contribution in [0.4, 0.5) is 13.2 Å². The summed E-state index contributed by atoms with van der Waals surface area (Å²) < 4.78 is 52.4. The summed E-state index contributed by atoms with van der Waals surface area (Å²) in [5.74, 6) is 0.357. The lowest BCUT2D eigenvalue weighted by Crippen LogP contribution is -2.10. The molecule has 8 heteroatoms. The molecular weight excluding hydrogens is 425 g/mol. The van der Waals surface area contributed by atoms with E-state index in [1.807, 2.05) is 11.5 Å². The van der Waals surface area contributed by atoms with Crippen molar-refractivity contribution in [2.24, 2.45) is 0 Å². The largest absolute Gasteiger partial charge is 0.434 e. The van der Waals surface area contributed by atoms with Crippen molar-refractivity contribution < 1.29 is 22.6 Å². The van der Waals surface area contributed by atoms with Gasteiger partial charge in [-0.2, -0.15) is 8.78 Å². The minimum atomic E-state index is -2.92. The number of ether oxygens (including phenoxy) is 2. The first-order valence-electron chi connectivity index (χ1n) is 8.51. The first-order chi connectivity index (χ1) is 13.0. The molecule has 0 radical (unpaired) electrons. The van der Waals surface area contributed by atoms with Crippen LogP contribution in [0.25, 0.3) is 11.0 Å². The molecule has 0 fully saturated rings. The Hall–Kier alpha value is -2.06. The van der Waals surface area contributed by atoms with E-state index in [-0.39, 0.29) is 17.9 Å². The number of hydrogen-bond donors (Lipinski definition) is 0. The van der Waals surface area contributed by atoms with Gasteiger partial charge in [-0.25, -0.2) is 9.37 Å². The molecule has 27 heavy (non-hydrogen) atoms. The third kappa shape index (κ3) is 3.21. The number of halogens is 4. The van der Waals surface area contributed by atoms with Crippen LogP contribution in [0.5, 0.6) is 5.75 Å². The quantitative estimate of drug-likeness (QED) is 0.517. The summed E-state index contributed by atoms with van der Waals surface area (Å²) in [5.41, 5.74) is 1.81. The molecule has 0 aliphatic carbocycles. The van der Waals surface area contributed by atoms with Gasteiger partial charge in [0.05, 0.1) is 21.5 Å². The van der Waals surface area contributed by atoms with Crippen LogP contribution < -0.4 is 4.74 Å². The Labute approximate surface area is 162 Å². The molecule has 4 rings (SSSR count). The predicted molar refractivity (Wildman–Crippen MR) is 97.6 cm³/mol. The van der Waals surface area contributed by atoms with E-state index in [1.165, 1.54) is 12.1 Å². The molecule has 1 aliphatic rings. The van der Waals surface area contributed by atoms with E-state index in [2.05, 4.69) is 20.9 Å². The molecule has 142 valence electrons. The van der Waals surface area contributed by atoms with Crippen molar-refractivity contribution in [3.8, 4) is 5.75 Å². The molecule has 1 aliphatic heterocycles. The van der Waals surface area contributed by atoms with E-state index in [0.29, 0.717) is 39.9 Å². The summed E-state index contributed by atoms with van der Waals surface area (Å²) >= 11 is 3.21. The monoisotopic (exact) mass is 440 g/mol. The molecular formula is C19H16BrF3N2O2. The molecule has 2 atom stereocenters. The van der Waals surface area contributed by atoms with Gasteiger partial charge in [0.15, 0.2) is 0 Å². The highest BCUT2D eigenvalue weighted by Gasteiger charge is 2.37. The minimum Gasteiger partial charge on any atom is -0.434 e. The fourth-order valence-electron chi connectivity index (χ4n) is 3.65. The Morgan fingerprint density at radius 1 is 1.30 bits per heavy atom. The van der Waals surface area contributed by atoms with Crippen LogP contribution in [-0.2, 0) is 4.74 Å². The number of rotatable bonds is 5. The maximum atomic E-state index is 14.0. The van der Waals surface area contributed by atoms with E-state index in [0.717, 1.165) is 0 Å². The molecule has 0 N–H and O–H groups in total. The van der Waals surface area contributed by atoms with Crippen LogP contribution in [0, 0.1) is 5.82 Å². The average Bonchev–Trinajstić information content (AvgIpc) is 3.14. The maximum absolute atomic E-state index is 14.0. The zero-order valence-corrected chi connectivity index (χ0v) is 15.9. The number of hydrogen-bond acceptors (Lipinski definition) is 3. The molecule has 0 spiro atoms. The van der Waals surface area contributed by atoms with Gasteiger partial charge in [0.25, 0.3) is 0 Å². The molecule has 3 aromatic rings. The summed E-state index contributed by atoms with van der Waals surface area (Å²) in [6.07, 6.45) is 0.221. The SMILES string of the molecule is CCOC1CC(c2ccccc2OC(F)F)n2c1nc1cc(F)c(Br)cc12. The van der Waals surface area contributed by atoms with Crippen LogP contribution >= 0.6 is 15.9 Å². The van der Waals surface area contributed by atoms with Gasteiger partial charge in [-0.1, -0.05) is 18.2 Å². The number of benzene rings is 2. The zero-order valence-electron chi connectivity index (χ0n) is 14.3. The number of imidazole rings is 1. The van der Waals surface area contributed by atoms with Crippen molar-refractivity contribution in [1.82, 2.24) is 9.55 Å². The topological polar surface area (TPSA) is 36.3 Å². The van der Waals surface area contributed by atoms with Gasteiger partial charge in [-0.3, -0.25) is 0 Å². The normalized spacial score (nSPS) is 19.0. The molecule has 0 amide bonds. The van der Waals surface area contributed by atoms with Gasteiger partial charge in [0, 0.05) is 24.7 Å². The fourth-order valence-corrected chi connectivity index (χ4v) is 3.98. The molecule has 4 nitrogen and oxygen atoms in total. The van der Waals surface area contributed by atoms with Crippen LogP contribution in [0.3, 0.4) is 0 Å². The van der Waals surface area contributed by atoms with Gasteiger partial charge in [0.1, 0.15) is 23.5 Å². The van der Waals surface area contributed by atoms with E-state index in [1.54, 1.807) is 24.3 Å². The summed E-state index contributed by atoms with van der Waals surface area (Å²) in [7, 11) is 0. The third-order valence-corrected chi connectivity index (χ3v) is 5.27. The number of para-hydroxylation sites is 1. The highest BCUT2D eigenvalue weighted by Crippen LogP contribution is 2.45. The molecule has 0 saturated heterocycles. The van der Waals surface area contributed by atoms with Crippen LogP contribution in [0.15, 0.2) is 40.9 Å². The first kappa shape index (κ1) is 18.3. The molecule has 0 saturated carbocycles. The van der Waals surface area contributed by atoms with Crippen molar-refractivity contribution in [3.63, 3.8) is 0 Å². The van der Waals surface area contributed by atoms with Gasteiger partial charge in [-0.05, 0) is 35.0 Å². The maximum Gasteiger partial charge on any atom is 0.387 e. The lowest BCUT2D eigenvalue weighted by Gasteiger charge is -2.19. The lowest BCUT2D eigenvalue weighted by atomic mass is 10.0. The molecule has 2 unspecified atom stereocenters. The van der Waals surface area contributed by atoms with E-state index in [9.17, 15) is 13.2 Å². The Morgan fingerprint density at radius 3 is 2.81 bits per heavy atom. The fraction of sp³-hybridized carbons (Fsp3) is 0.316. The van der Waals surface area contributed by atoms with E-state index in [4.69, 9.17) is 9.47 Å². The van der Waals surface area contributed by atoms with Crippen LogP contribution in [0.2, 0.25) is 0 Å². The Balaban J connectivity index is 1.89. The Bertz CT molecular complexity index is 992. The molecule has 2 heterocycles. The number of fused-ring (bicyclic) bond motifs is 3. The second-order valence-electron chi connectivity index (χ2n) is 6.21. The first-order valence-corrected chi connectivity index (χ1v) is 9.31. The number of aromatic nitrogens is 2. The van der Waals surface area contributed by atoms with E-state index < -0.39 is 12.4 Å². The van der Waals surface area contributed by atoms with Gasteiger partial charge in [0.2, 0.25) is 0 Å². The lowest BCUT2D eigenvalue weighted by molar-refractivity contribution is -0.0507. The smallest absolute Gasteiger partial charge is 0.387 e. The standard InChI is InChI=1S/C19H16BrF3N2O2/c1-2-26-17-9-14(10-5-3-4-6-16(10)27-19(22)23)25-15-7-11(20)12(21)8-13(15)24-18(17)25/h3-8,14,17,19H,2,9H2,1H3. The Morgan fingerprint density at radius 2 is 2.07 bits per heavy atom. The summed E-state index contributed by atoms with van der Waals surface area (Å²) in [5, 5.41) is 0. The van der Waals surface area contributed by atoms with Crippen molar-refractivity contribution in [2.45, 2.75) is 32.1 Å². The van der Waals surface area contributed by atoms with E-state index >= 15 is 0 Å². The second-order valence-corrected chi connectivity index (χ2v) is 7.06. The molecule has 2 aromatic carbocycles. The minimum absolute atomic E-state index is 0.114. The highest BCUT2D eigenvalue weighted by atomic mass is 79.9. The molecule has 1 aromatic heterocycles. The highest BCUT2D eigenvalue weighted by molar-refractivity contribution is 9.10. The van der Waals surface area contributed by atoms with Crippen LogP contribution in [-0.4, -0.2) is 22.8 Å². The zero-order chi connectivity index (χ0) is 19.1. The second kappa shape index (κ2) is 7.16. The van der Waals surface area contributed by atoms with Gasteiger partial charge >= 0.3 is 6.61 Å². The van der Waals surface area contributed by atoms with Gasteiger partial charge in [-0.15, -0.1) is 0 Å².